The van der Waals surface area contributed by atoms with Gasteiger partial charge in [-0.15, -0.1) is 0 Å². The number of anilines is 2. The highest BCUT2D eigenvalue weighted by Gasteiger charge is 2.14. The first-order chi connectivity index (χ1) is 9.56. The predicted octanol–water partition coefficient (Wildman–Crippen LogP) is 0.774. The molecule has 2 aromatic rings. The second-order valence-electron chi connectivity index (χ2n) is 3.90. The van der Waals surface area contributed by atoms with Gasteiger partial charge in [-0.25, -0.2) is 4.98 Å². The lowest BCUT2D eigenvalue weighted by molar-refractivity contribution is -0.384. The van der Waals surface area contributed by atoms with Crippen molar-refractivity contribution in [2.45, 2.75) is 0 Å². The molecule has 0 atom stereocenters. The maximum Gasteiger partial charge on any atom is 0.311 e. The number of hydrogen-bond acceptors (Lipinski definition) is 6. The topological polar surface area (TPSA) is 115 Å². The van der Waals surface area contributed by atoms with Crippen LogP contribution in [0.1, 0.15) is 0 Å². The third-order valence-corrected chi connectivity index (χ3v) is 2.38. The Morgan fingerprint density at radius 3 is 2.95 bits per heavy atom. The number of nitrogens with one attached hydrogen (secondary N) is 2. The summed E-state index contributed by atoms with van der Waals surface area (Å²) in [6.45, 7) is -0.144. The first kappa shape index (κ1) is 13.5. The van der Waals surface area contributed by atoms with Crippen LogP contribution in [0, 0.1) is 10.1 Å². The Labute approximate surface area is 113 Å². The number of nitro groups is 1. The van der Waals surface area contributed by atoms with Crippen LogP contribution < -0.4 is 10.6 Å². The van der Waals surface area contributed by atoms with E-state index in [1.165, 1.54) is 18.3 Å². The fourth-order valence-electron chi connectivity index (χ4n) is 1.51. The summed E-state index contributed by atoms with van der Waals surface area (Å²) in [5.74, 6) is 0.0899. The molecule has 0 spiro atoms. The molecule has 0 bridgehead atoms. The largest absolute Gasteiger partial charge is 0.355 e. The van der Waals surface area contributed by atoms with E-state index in [-0.39, 0.29) is 24.0 Å². The van der Waals surface area contributed by atoms with Crippen LogP contribution >= 0.6 is 0 Å². The molecule has 0 aliphatic carbocycles. The van der Waals surface area contributed by atoms with E-state index in [9.17, 15) is 14.9 Å². The molecule has 0 saturated heterocycles. The van der Waals surface area contributed by atoms with Crippen molar-refractivity contribution in [3.63, 3.8) is 0 Å². The average molecular weight is 276 g/mol. The molecule has 2 N–H and O–H groups in total. The Bertz CT molecular complexity index is 639. The highest BCUT2D eigenvalue weighted by molar-refractivity contribution is 5.93. The van der Waals surface area contributed by atoms with Gasteiger partial charge in [0.15, 0.2) is 5.82 Å². The first-order valence-corrected chi connectivity index (χ1v) is 5.69. The van der Waals surface area contributed by atoms with Gasteiger partial charge in [0.05, 0.1) is 11.5 Å². The van der Waals surface area contributed by atoms with E-state index in [4.69, 9.17) is 0 Å². The van der Waals surface area contributed by atoms with Crippen molar-refractivity contribution in [3.8, 4) is 0 Å². The fourth-order valence-corrected chi connectivity index (χ4v) is 1.51. The maximum absolute atomic E-state index is 11.7. The Morgan fingerprint density at radius 1 is 1.50 bits per heavy atom. The Kier molecular flexibility index (Phi) is 3.89. The minimum absolute atomic E-state index is 0.0497. The molecule has 9 nitrogen and oxygen atoms in total. The molecule has 0 radical (unpaired) electrons. The third kappa shape index (κ3) is 3.28. The van der Waals surface area contributed by atoms with Crippen LogP contribution in [0.2, 0.25) is 0 Å². The minimum atomic E-state index is -0.564. The molecule has 0 aliphatic rings. The van der Waals surface area contributed by atoms with E-state index < -0.39 is 4.92 Å². The van der Waals surface area contributed by atoms with E-state index >= 15 is 0 Å². The van der Waals surface area contributed by atoms with Gasteiger partial charge in [0.25, 0.3) is 0 Å². The Morgan fingerprint density at radius 2 is 2.30 bits per heavy atom. The van der Waals surface area contributed by atoms with Crippen LogP contribution in [0.25, 0.3) is 0 Å². The predicted molar refractivity (Wildman–Crippen MR) is 71.2 cm³/mol. The summed E-state index contributed by atoms with van der Waals surface area (Å²) < 4.78 is 1.55. The van der Waals surface area contributed by atoms with Gasteiger partial charge in [-0.2, -0.15) is 5.10 Å². The molecule has 1 amide bonds. The van der Waals surface area contributed by atoms with E-state index in [0.29, 0.717) is 5.82 Å². The smallest absolute Gasteiger partial charge is 0.311 e. The average Bonchev–Trinajstić information content (AvgIpc) is 2.82. The van der Waals surface area contributed by atoms with Crippen molar-refractivity contribution in [3.05, 3.63) is 40.7 Å². The van der Waals surface area contributed by atoms with Crippen molar-refractivity contribution >= 4 is 23.2 Å². The third-order valence-electron chi connectivity index (χ3n) is 2.38. The van der Waals surface area contributed by atoms with Crippen molar-refractivity contribution in [2.75, 3.05) is 17.2 Å². The highest BCUT2D eigenvalue weighted by Crippen LogP contribution is 2.19. The fraction of sp³-hybridized carbons (Fsp3) is 0.182. The summed E-state index contributed by atoms with van der Waals surface area (Å²) >= 11 is 0. The maximum atomic E-state index is 11.7. The summed E-state index contributed by atoms with van der Waals surface area (Å²) in [6, 6.07) is 4.41. The summed E-state index contributed by atoms with van der Waals surface area (Å²) in [4.78, 5) is 25.7. The second-order valence-corrected chi connectivity index (χ2v) is 3.90. The molecule has 2 heterocycles. The van der Waals surface area contributed by atoms with Crippen molar-refractivity contribution in [1.29, 1.82) is 0 Å². The molecule has 20 heavy (non-hydrogen) atoms. The van der Waals surface area contributed by atoms with E-state index in [0.717, 1.165) is 0 Å². The minimum Gasteiger partial charge on any atom is -0.355 e. The molecule has 104 valence electrons. The molecule has 0 fully saturated rings. The van der Waals surface area contributed by atoms with Gasteiger partial charge in [-0.1, -0.05) is 0 Å². The molecular formula is C11H12N6O3. The quantitative estimate of drug-likeness (QED) is 0.615. The summed E-state index contributed by atoms with van der Waals surface area (Å²) in [6.07, 6.45) is 3.10. The Balaban J connectivity index is 1.95. The summed E-state index contributed by atoms with van der Waals surface area (Å²) in [7, 11) is 1.73. The van der Waals surface area contributed by atoms with Gasteiger partial charge in [0.1, 0.15) is 0 Å². The van der Waals surface area contributed by atoms with Crippen LogP contribution in [0.15, 0.2) is 30.6 Å². The lowest BCUT2D eigenvalue weighted by atomic mass is 10.4. The summed E-state index contributed by atoms with van der Waals surface area (Å²) in [5.41, 5.74) is -0.182. The lowest BCUT2D eigenvalue weighted by Gasteiger charge is -2.05. The molecule has 0 unspecified atom stereocenters. The number of carbonyl (C=O) groups is 1. The number of nitrogens with zero attached hydrogens (tertiary/aromatic N) is 4. The number of amides is 1. The van der Waals surface area contributed by atoms with Crippen molar-refractivity contribution in [2.24, 2.45) is 7.05 Å². The highest BCUT2D eigenvalue weighted by atomic mass is 16.6. The number of aromatic nitrogens is 3. The lowest BCUT2D eigenvalue weighted by Crippen LogP contribution is -2.22. The zero-order chi connectivity index (χ0) is 14.5. The van der Waals surface area contributed by atoms with E-state index in [1.54, 1.807) is 24.0 Å². The zero-order valence-electron chi connectivity index (χ0n) is 10.6. The zero-order valence-corrected chi connectivity index (χ0v) is 10.6. The van der Waals surface area contributed by atoms with Gasteiger partial charge in [-0.3, -0.25) is 19.6 Å². The van der Waals surface area contributed by atoms with E-state index in [1.807, 2.05) is 0 Å². The molecule has 2 aromatic heterocycles. The van der Waals surface area contributed by atoms with Crippen LogP contribution in [-0.4, -0.2) is 32.1 Å². The van der Waals surface area contributed by atoms with Gasteiger partial charge in [-0.05, 0) is 6.07 Å². The molecule has 0 aliphatic heterocycles. The number of hydrogen-bond donors (Lipinski definition) is 2. The van der Waals surface area contributed by atoms with Gasteiger partial charge in [0.2, 0.25) is 11.7 Å². The molecule has 0 aromatic carbocycles. The van der Waals surface area contributed by atoms with Gasteiger partial charge in [0, 0.05) is 31.6 Å². The van der Waals surface area contributed by atoms with Gasteiger partial charge >= 0.3 is 5.69 Å². The number of rotatable bonds is 5. The van der Waals surface area contributed by atoms with E-state index in [2.05, 4.69) is 20.7 Å². The summed E-state index contributed by atoms with van der Waals surface area (Å²) in [5, 5.41) is 19.9. The van der Waals surface area contributed by atoms with Crippen LogP contribution in [0.5, 0.6) is 0 Å². The Hall–Kier alpha value is -2.97. The van der Waals surface area contributed by atoms with Crippen LogP contribution in [0.4, 0.5) is 17.3 Å². The monoisotopic (exact) mass is 276 g/mol. The molecule has 9 heteroatoms. The standard InChI is InChI=1S/C11H12N6O3/c1-16-6-4-9(15-16)14-10(18)7-13-11-8(17(19)20)3-2-5-12-11/h2-6H,7H2,1H3,(H,12,13)(H,14,15,18). The first-order valence-electron chi connectivity index (χ1n) is 5.69. The van der Waals surface area contributed by atoms with Crippen LogP contribution in [-0.2, 0) is 11.8 Å². The molecular weight excluding hydrogens is 264 g/mol. The molecule has 0 saturated carbocycles. The van der Waals surface area contributed by atoms with Crippen molar-refractivity contribution in [1.82, 2.24) is 14.8 Å². The van der Waals surface area contributed by atoms with Crippen LogP contribution in [0.3, 0.4) is 0 Å². The van der Waals surface area contributed by atoms with Gasteiger partial charge < -0.3 is 10.6 Å². The number of pyridine rings is 1. The second kappa shape index (κ2) is 5.78. The van der Waals surface area contributed by atoms with Crippen molar-refractivity contribution < 1.29 is 9.72 Å². The SMILES string of the molecule is Cn1ccc(NC(=O)CNc2ncccc2[N+](=O)[O-])n1. The molecule has 2 rings (SSSR count). The number of carbonyl (C=O) groups excluding carboxylic acids is 1. The number of aryl methyl sites for hydroxylation is 1. The normalized spacial score (nSPS) is 10.1.